The lowest BCUT2D eigenvalue weighted by Crippen LogP contribution is -2.04. The van der Waals surface area contributed by atoms with Crippen molar-refractivity contribution >= 4 is 22.6 Å². The van der Waals surface area contributed by atoms with E-state index < -0.39 is 0 Å². The highest BCUT2D eigenvalue weighted by Crippen LogP contribution is 2.22. The summed E-state index contributed by atoms with van der Waals surface area (Å²) >= 11 is 6.19. The van der Waals surface area contributed by atoms with Gasteiger partial charge < -0.3 is 0 Å². The molecule has 1 heterocycles. The highest BCUT2D eigenvalue weighted by molar-refractivity contribution is 6.19. The molecule has 2 rings (SSSR count). The number of alkyl halides is 1. The molecule has 0 fully saturated rings. The smallest absolute Gasteiger partial charge is 0.128 e. The Morgan fingerprint density at radius 2 is 2.21 bits per heavy atom. The minimum Gasteiger partial charge on any atom is -0.227 e. The van der Waals surface area contributed by atoms with Crippen LogP contribution in [0.25, 0.3) is 11.0 Å². The van der Waals surface area contributed by atoms with Crippen LogP contribution in [0.5, 0.6) is 0 Å². The van der Waals surface area contributed by atoms with Crippen LogP contribution in [0.3, 0.4) is 0 Å². The summed E-state index contributed by atoms with van der Waals surface area (Å²) in [5, 5.41) is 8.10. The van der Waals surface area contributed by atoms with Gasteiger partial charge in [0.1, 0.15) is 11.0 Å². The average molecular weight is 210 g/mol. The molecule has 0 spiro atoms. The van der Waals surface area contributed by atoms with Crippen molar-refractivity contribution in [3.63, 3.8) is 0 Å². The van der Waals surface area contributed by atoms with E-state index in [0.29, 0.717) is 0 Å². The summed E-state index contributed by atoms with van der Waals surface area (Å²) in [7, 11) is 0. The number of aromatic nitrogens is 3. The predicted molar refractivity (Wildman–Crippen MR) is 57.3 cm³/mol. The van der Waals surface area contributed by atoms with E-state index in [9.17, 15) is 0 Å². The maximum Gasteiger partial charge on any atom is 0.128 e. The van der Waals surface area contributed by atoms with Gasteiger partial charge in [-0.2, -0.15) is 0 Å². The molecule has 0 aliphatic carbocycles. The van der Waals surface area contributed by atoms with Crippen molar-refractivity contribution < 1.29 is 0 Å². The number of fused-ring (bicyclic) bond motifs is 1. The molecule has 0 saturated carbocycles. The van der Waals surface area contributed by atoms with Crippen molar-refractivity contribution in [2.75, 3.05) is 0 Å². The molecule has 14 heavy (non-hydrogen) atoms. The first kappa shape index (κ1) is 9.46. The van der Waals surface area contributed by atoms with E-state index in [1.165, 1.54) is 0 Å². The molecule has 3 nitrogen and oxygen atoms in total. The summed E-state index contributed by atoms with van der Waals surface area (Å²) in [4.78, 5) is 0. The lowest BCUT2D eigenvalue weighted by atomic mass is 10.3. The molecule has 0 aliphatic rings. The van der Waals surface area contributed by atoms with Gasteiger partial charge in [0, 0.05) is 0 Å². The standard InChI is InChI=1S/C10H12ClN3/c1-2-5-10(11)14-9-7-4-3-6-8(9)12-13-14/h3-4,6-7,10H,2,5H2,1H3. The summed E-state index contributed by atoms with van der Waals surface area (Å²) in [6.45, 7) is 2.11. The van der Waals surface area contributed by atoms with Crippen LogP contribution in [0.1, 0.15) is 25.3 Å². The van der Waals surface area contributed by atoms with E-state index in [-0.39, 0.29) is 5.50 Å². The normalized spacial score (nSPS) is 13.3. The first-order valence-corrected chi connectivity index (χ1v) is 5.20. The Morgan fingerprint density at radius 1 is 1.43 bits per heavy atom. The molecular weight excluding hydrogens is 198 g/mol. The maximum atomic E-state index is 6.19. The van der Waals surface area contributed by atoms with Crippen molar-refractivity contribution in [1.82, 2.24) is 15.0 Å². The largest absolute Gasteiger partial charge is 0.227 e. The zero-order valence-electron chi connectivity index (χ0n) is 8.02. The van der Waals surface area contributed by atoms with E-state index in [2.05, 4.69) is 17.2 Å². The number of hydrogen-bond donors (Lipinski definition) is 0. The van der Waals surface area contributed by atoms with E-state index in [0.717, 1.165) is 23.9 Å². The highest BCUT2D eigenvalue weighted by atomic mass is 35.5. The van der Waals surface area contributed by atoms with Gasteiger partial charge in [-0.05, 0) is 18.6 Å². The van der Waals surface area contributed by atoms with Crippen molar-refractivity contribution in [1.29, 1.82) is 0 Å². The van der Waals surface area contributed by atoms with Gasteiger partial charge >= 0.3 is 0 Å². The molecule has 0 radical (unpaired) electrons. The molecule has 1 aromatic carbocycles. The molecule has 0 bridgehead atoms. The summed E-state index contributed by atoms with van der Waals surface area (Å²) in [6.07, 6.45) is 1.96. The van der Waals surface area contributed by atoms with Crippen LogP contribution < -0.4 is 0 Å². The molecule has 0 N–H and O–H groups in total. The summed E-state index contributed by atoms with van der Waals surface area (Å²) < 4.78 is 1.78. The van der Waals surface area contributed by atoms with Crippen LogP contribution in [0.4, 0.5) is 0 Å². The molecule has 74 valence electrons. The minimum atomic E-state index is -0.0904. The number of nitrogens with zero attached hydrogens (tertiary/aromatic N) is 3. The van der Waals surface area contributed by atoms with Gasteiger partial charge in [0.15, 0.2) is 0 Å². The van der Waals surface area contributed by atoms with Crippen molar-refractivity contribution in [2.45, 2.75) is 25.3 Å². The van der Waals surface area contributed by atoms with Crippen LogP contribution in [-0.4, -0.2) is 15.0 Å². The molecule has 0 aliphatic heterocycles. The van der Waals surface area contributed by atoms with Gasteiger partial charge in [-0.15, -0.1) is 5.10 Å². The third kappa shape index (κ3) is 1.60. The number of hydrogen-bond acceptors (Lipinski definition) is 2. The average Bonchev–Trinajstić information content (AvgIpc) is 2.61. The molecule has 1 atom stereocenters. The molecule has 2 aromatic rings. The van der Waals surface area contributed by atoms with Crippen molar-refractivity contribution in [2.24, 2.45) is 0 Å². The maximum absolute atomic E-state index is 6.19. The Morgan fingerprint density at radius 3 is 3.00 bits per heavy atom. The summed E-state index contributed by atoms with van der Waals surface area (Å²) in [5.41, 5.74) is 1.81. The first-order chi connectivity index (χ1) is 6.83. The Labute approximate surface area is 87.7 Å². The van der Waals surface area contributed by atoms with E-state index in [1.54, 1.807) is 4.68 Å². The Hall–Kier alpha value is -1.09. The third-order valence-corrected chi connectivity index (χ3v) is 2.57. The van der Waals surface area contributed by atoms with Gasteiger partial charge in [-0.25, -0.2) is 4.68 Å². The van der Waals surface area contributed by atoms with Gasteiger partial charge in [-0.1, -0.05) is 42.3 Å². The number of rotatable bonds is 3. The Bertz CT molecular complexity index is 424. The molecule has 1 unspecified atom stereocenters. The molecule has 0 amide bonds. The van der Waals surface area contributed by atoms with Crippen LogP contribution in [0.15, 0.2) is 24.3 Å². The third-order valence-electron chi connectivity index (χ3n) is 2.17. The quantitative estimate of drug-likeness (QED) is 0.728. The van der Waals surface area contributed by atoms with E-state index >= 15 is 0 Å². The summed E-state index contributed by atoms with van der Waals surface area (Å²) in [6, 6.07) is 7.84. The lowest BCUT2D eigenvalue weighted by Gasteiger charge is -2.07. The Balaban J connectivity index is 2.42. The summed E-state index contributed by atoms with van der Waals surface area (Å²) in [5.74, 6) is 0. The van der Waals surface area contributed by atoms with E-state index in [4.69, 9.17) is 11.6 Å². The zero-order chi connectivity index (χ0) is 9.97. The monoisotopic (exact) mass is 209 g/mol. The zero-order valence-corrected chi connectivity index (χ0v) is 8.78. The topological polar surface area (TPSA) is 30.7 Å². The highest BCUT2D eigenvalue weighted by Gasteiger charge is 2.10. The second kappa shape index (κ2) is 3.96. The fraction of sp³-hybridized carbons (Fsp3) is 0.400. The number of benzene rings is 1. The second-order valence-electron chi connectivity index (χ2n) is 3.25. The van der Waals surface area contributed by atoms with Crippen LogP contribution in [0, 0.1) is 0 Å². The second-order valence-corrected chi connectivity index (χ2v) is 3.75. The lowest BCUT2D eigenvalue weighted by molar-refractivity contribution is 0.544. The van der Waals surface area contributed by atoms with Crippen LogP contribution in [0.2, 0.25) is 0 Å². The van der Waals surface area contributed by atoms with Crippen LogP contribution >= 0.6 is 11.6 Å². The van der Waals surface area contributed by atoms with Gasteiger partial charge in [0.25, 0.3) is 0 Å². The van der Waals surface area contributed by atoms with Gasteiger partial charge in [0.05, 0.1) is 5.52 Å². The first-order valence-electron chi connectivity index (χ1n) is 4.77. The minimum absolute atomic E-state index is 0.0904. The molecule has 1 aromatic heterocycles. The fourth-order valence-corrected chi connectivity index (χ4v) is 1.82. The van der Waals surface area contributed by atoms with E-state index in [1.807, 2.05) is 24.3 Å². The molecule has 4 heteroatoms. The number of para-hydroxylation sites is 1. The van der Waals surface area contributed by atoms with Gasteiger partial charge in [-0.3, -0.25) is 0 Å². The number of halogens is 1. The predicted octanol–water partition coefficient (Wildman–Crippen LogP) is 2.97. The van der Waals surface area contributed by atoms with Crippen LogP contribution in [-0.2, 0) is 0 Å². The SMILES string of the molecule is CCCC(Cl)n1nnc2ccccc21. The van der Waals surface area contributed by atoms with Gasteiger partial charge in [0.2, 0.25) is 0 Å². The molecular formula is C10H12ClN3. The van der Waals surface area contributed by atoms with Crippen molar-refractivity contribution in [3.05, 3.63) is 24.3 Å². The molecule has 0 saturated heterocycles. The van der Waals surface area contributed by atoms with Crippen molar-refractivity contribution in [3.8, 4) is 0 Å². The Kier molecular flexibility index (Phi) is 2.68. The fourth-order valence-electron chi connectivity index (χ4n) is 1.45.